The largest absolute Gasteiger partial charge is 0.508 e. The van der Waals surface area contributed by atoms with Crippen molar-refractivity contribution in [3.05, 3.63) is 59.2 Å². The van der Waals surface area contributed by atoms with Crippen LogP contribution in [0.5, 0.6) is 5.75 Å². The van der Waals surface area contributed by atoms with Gasteiger partial charge < -0.3 is 20.5 Å². The van der Waals surface area contributed by atoms with E-state index in [2.05, 4.69) is 10.6 Å². The molecule has 7 heteroatoms. The number of phenols is 1. The Morgan fingerprint density at radius 3 is 2.59 bits per heavy atom. The van der Waals surface area contributed by atoms with E-state index >= 15 is 0 Å². The highest BCUT2D eigenvalue weighted by molar-refractivity contribution is 5.98. The maximum atomic E-state index is 12.0. The van der Waals surface area contributed by atoms with Crippen LogP contribution in [0.2, 0.25) is 0 Å². The number of amides is 2. The number of rotatable bonds is 6. The molecule has 0 saturated heterocycles. The van der Waals surface area contributed by atoms with Crippen molar-refractivity contribution in [1.29, 1.82) is 0 Å². The van der Waals surface area contributed by atoms with Crippen molar-refractivity contribution < 1.29 is 24.2 Å². The van der Waals surface area contributed by atoms with E-state index in [9.17, 15) is 19.5 Å². The highest BCUT2D eigenvalue weighted by atomic mass is 16.5. The molecule has 0 radical (unpaired) electrons. The summed E-state index contributed by atoms with van der Waals surface area (Å²) in [7, 11) is 0. The first-order chi connectivity index (χ1) is 12.9. The van der Waals surface area contributed by atoms with Gasteiger partial charge in [0.15, 0.2) is 6.61 Å². The molecule has 1 aliphatic rings. The van der Waals surface area contributed by atoms with Gasteiger partial charge >= 0.3 is 5.97 Å². The van der Waals surface area contributed by atoms with Crippen LogP contribution >= 0.6 is 0 Å². The molecule has 1 fully saturated rings. The Labute approximate surface area is 156 Å². The maximum absolute atomic E-state index is 12.0. The highest BCUT2D eigenvalue weighted by Gasteiger charge is 2.23. The third kappa shape index (κ3) is 5.07. The molecule has 1 saturated carbocycles. The minimum absolute atomic E-state index is 0.0183. The van der Waals surface area contributed by atoms with E-state index in [1.165, 1.54) is 12.1 Å². The Morgan fingerprint density at radius 1 is 1.11 bits per heavy atom. The highest BCUT2D eigenvalue weighted by Crippen LogP contribution is 2.20. The first-order valence-corrected chi connectivity index (χ1v) is 8.60. The number of esters is 1. The number of benzene rings is 2. The Morgan fingerprint density at radius 2 is 1.89 bits per heavy atom. The second-order valence-corrected chi connectivity index (χ2v) is 6.45. The molecule has 0 aliphatic heterocycles. The maximum Gasteiger partial charge on any atom is 0.338 e. The van der Waals surface area contributed by atoms with Gasteiger partial charge in [-0.3, -0.25) is 9.59 Å². The molecule has 0 unspecified atom stereocenters. The molecule has 0 aromatic heterocycles. The van der Waals surface area contributed by atoms with Crippen molar-refractivity contribution in [2.45, 2.75) is 25.8 Å². The molecule has 0 bridgehead atoms. The smallest absolute Gasteiger partial charge is 0.338 e. The summed E-state index contributed by atoms with van der Waals surface area (Å²) in [5, 5.41) is 15.1. The molecular weight excluding hydrogens is 348 g/mol. The molecule has 2 amide bonds. The zero-order valence-corrected chi connectivity index (χ0v) is 14.8. The first-order valence-electron chi connectivity index (χ1n) is 8.60. The van der Waals surface area contributed by atoms with Gasteiger partial charge in [-0.15, -0.1) is 0 Å². The number of anilines is 1. The minimum Gasteiger partial charge on any atom is -0.508 e. The Kier molecular flexibility index (Phi) is 5.40. The van der Waals surface area contributed by atoms with E-state index in [1.54, 1.807) is 37.3 Å². The minimum atomic E-state index is -0.710. The van der Waals surface area contributed by atoms with E-state index in [4.69, 9.17) is 4.74 Å². The number of ether oxygens (including phenoxy) is 1. The fraction of sp³-hybridized carbons (Fsp3) is 0.250. The zero-order chi connectivity index (χ0) is 19.4. The monoisotopic (exact) mass is 368 g/mol. The van der Waals surface area contributed by atoms with Gasteiger partial charge in [0.25, 0.3) is 11.8 Å². The second-order valence-electron chi connectivity index (χ2n) is 6.45. The lowest BCUT2D eigenvalue weighted by Crippen LogP contribution is -2.25. The van der Waals surface area contributed by atoms with Gasteiger partial charge in [-0.2, -0.15) is 0 Å². The van der Waals surface area contributed by atoms with Gasteiger partial charge in [-0.25, -0.2) is 4.79 Å². The molecule has 3 N–H and O–H groups in total. The quantitative estimate of drug-likeness (QED) is 0.679. The summed E-state index contributed by atoms with van der Waals surface area (Å²) >= 11 is 0. The molecule has 7 nitrogen and oxygen atoms in total. The van der Waals surface area contributed by atoms with Crippen LogP contribution in [0.15, 0.2) is 42.5 Å². The van der Waals surface area contributed by atoms with Crippen LogP contribution in [0.25, 0.3) is 0 Å². The average molecular weight is 368 g/mol. The SMILES string of the molecule is Cc1ccc(C(=O)OCC(=O)Nc2cccc(C(=O)NC3CC3)c2)cc1O. The van der Waals surface area contributed by atoms with Gasteiger partial charge in [0.05, 0.1) is 5.56 Å². The summed E-state index contributed by atoms with van der Waals surface area (Å²) in [6.45, 7) is 1.23. The molecule has 3 rings (SSSR count). The summed E-state index contributed by atoms with van der Waals surface area (Å²) in [6, 6.07) is 11.2. The average Bonchev–Trinajstić information content (AvgIpc) is 3.46. The van der Waals surface area contributed by atoms with Crippen LogP contribution in [0.4, 0.5) is 5.69 Å². The summed E-state index contributed by atoms with van der Waals surface area (Å²) in [6.07, 6.45) is 1.98. The van der Waals surface area contributed by atoms with Crippen LogP contribution in [-0.4, -0.2) is 35.5 Å². The Balaban J connectivity index is 1.53. The van der Waals surface area contributed by atoms with Gasteiger partial charge in [0.2, 0.25) is 0 Å². The molecule has 140 valence electrons. The summed E-state index contributed by atoms with van der Waals surface area (Å²) in [5.74, 6) is -1.44. The molecule has 27 heavy (non-hydrogen) atoms. The second kappa shape index (κ2) is 7.90. The standard InChI is InChI=1S/C20H20N2O5/c1-12-5-6-14(10-17(12)23)20(26)27-11-18(24)21-16-4-2-3-13(9-16)19(25)22-15-7-8-15/h2-6,9-10,15,23H,7-8,11H2,1H3,(H,21,24)(H,22,25). The zero-order valence-electron chi connectivity index (χ0n) is 14.8. The van der Waals surface area contributed by atoms with Gasteiger partial charge in [0.1, 0.15) is 5.75 Å². The Bertz CT molecular complexity index is 890. The predicted molar refractivity (Wildman–Crippen MR) is 98.7 cm³/mol. The molecule has 2 aromatic carbocycles. The lowest BCUT2D eigenvalue weighted by Gasteiger charge is -2.09. The van der Waals surface area contributed by atoms with E-state index in [1.807, 2.05) is 0 Å². The first kappa shape index (κ1) is 18.4. The normalized spacial score (nSPS) is 12.9. The van der Waals surface area contributed by atoms with Crippen molar-refractivity contribution >= 4 is 23.5 Å². The third-order valence-corrected chi connectivity index (χ3v) is 4.10. The summed E-state index contributed by atoms with van der Waals surface area (Å²) < 4.78 is 4.95. The molecule has 0 atom stereocenters. The molecule has 1 aliphatic carbocycles. The number of carbonyl (C=O) groups excluding carboxylic acids is 3. The fourth-order valence-corrected chi connectivity index (χ4v) is 2.38. The van der Waals surface area contributed by atoms with Crippen molar-refractivity contribution in [3.8, 4) is 5.75 Å². The van der Waals surface area contributed by atoms with E-state index in [0.29, 0.717) is 16.8 Å². The van der Waals surface area contributed by atoms with Crippen LogP contribution < -0.4 is 10.6 Å². The number of aromatic hydroxyl groups is 1. The van der Waals surface area contributed by atoms with Crippen LogP contribution in [-0.2, 0) is 9.53 Å². The number of hydrogen-bond donors (Lipinski definition) is 3. The third-order valence-electron chi connectivity index (χ3n) is 4.10. The Hall–Kier alpha value is -3.35. The summed E-state index contributed by atoms with van der Waals surface area (Å²) in [5.41, 5.74) is 1.68. The van der Waals surface area contributed by atoms with Crippen molar-refractivity contribution in [2.75, 3.05) is 11.9 Å². The fourth-order valence-electron chi connectivity index (χ4n) is 2.38. The number of aryl methyl sites for hydroxylation is 1. The van der Waals surface area contributed by atoms with Gasteiger partial charge in [-0.05, 0) is 55.7 Å². The molecular formula is C20H20N2O5. The van der Waals surface area contributed by atoms with E-state index in [-0.39, 0.29) is 23.3 Å². The number of carbonyl (C=O) groups is 3. The molecule has 2 aromatic rings. The van der Waals surface area contributed by atoms with Crippen LogP contribution in [0.3, 0.4) is 0 Å². The number of hydrogen-bond acceptors (Lipinski definition) is 5. The van der Waals surface area contributed by atoms with Crippen LogP contribution in [0, 0.1) is 6.92 Å². The van der Waals surface area contributed by atoms with Crippen molar-refractivity contribution in [1.82, 2.24) is 5.32 Å². The van der Waals surface area contributed by atoms with Gasteiger partial charge in [-0.1, -0.05) is 12.1 Å². The molecule has 0 spiro atoms. The van der Waals surface area contributed by atoms with Crippen LogP contribution in [0.1, 0.15) is 39.1 Å². The van der Waals surface area contributed by atoms with Crippen molar-refractivity contribution in [2.24, 2.45) is 0 Å². The predicted octanol–water partition coefficient (Wildman–Crippen LogP) is 2.39. The van der Waals surface area contributed by atoms with Gasteiger partial charge in [0, 0.05) is 17.3 Å². The van der Waals surface area contributed by atoms with E-state index < -0.39 is 18.5 Å². The number of phenolic OH excluding ortho intramolecular Hbond substituents is 1. The lowest BCUT2D eigenvalue weighted by atomic mass is 10.1. The number of nitrogens with one attached hydrogen (secondary N) is 2. The van der Waals surface area contributed by atoms with Crippen molar-refractivity contribution in [3.63, 3.8) is 0 Å². The topological polar surface area (TPSA) is 105 Å². The summed E-state index contributed by atoms with van der Waals surface area (Å²) in [4.78, 5) is 36.0. The lowest BCUT2D eigenvalue weighted by molar-refractivity contribution is -0.119. The van der Waals surface area contributed by atoms with E-state index in [0.717, 1.165) is 12.8 Å². The molecule has 0 heterocycles.